The lowest BCUT2D eigenvalue weighted by Crippen LogP contribution is -2.28. The van der Waals surface area contributed by atoms with E-state index in [0.29, 0.717) is 6.04 Å². The van der Waals surface area contributed by atoms with Gasteiger partial charge in [0.1, 0.15) is 0 Å². The fraction of sp³-hybridized carbons (Fsp3) is 1.00. The summed E-state index contributed by atoms with van der Waals surface area (Å²) in [6.45, 7) is 10.6. The van der Waals surface area contributed by atoms with E-state index >= 15 is 0 Å². The van der Waals surface area contributed by atoms with Gasteiger partial charge in [-0.15, -0.1) is 0 Å². The molecule has 0 aliphatic heterocycles. The molecular weight excluding hydrogens is 196 g/mol. The number of unbranched alkanes of at least 4 members (excludes halogenated alkanes) is 1. The van der Waals surface area contributed by atoms with E-state index in [0.717, 1.165) is 6.04 Å². The van der Waals surface area contributed by atoms with E-state index < -0.39 is 0 Å². The topological polar surface area (TPSA) is 15.3 Å². The first-order chi connectivity index (χ1) is 7.77. The van der Waals surface area contributed by atoms with Crippen molar-refractivity contribution in [2.45, 2.75) is 71.4 Å². The van der Waals surface area contributed by atoms with Crippen LogP contribution in [0.4, 0.5) is 0 Å². The Balaban J connectivity index is 1.93. The van der Waals surface area contributed by atoms with E-state index in [4.69, 9.17) is 0 Å². The second kappa shape index (κ2) is 8.08. The molecule has 16 heavy (non-hydrogen) atoms. The number of hydrogen-bond acceptors (Lipinski definition) is 2. The number of nitrogens with zero attached hydrogens (tertiary/aromatic N) is 1. The summed E-state index contributed by atoms with van der Waals surface area (Å²) in [5, 5.41) is 3.56. The predicted octanol–water partition coefficient (Wildman–Crippen LogP) is 3.03. The highest BCUT2D eigenvalue weighted by Gasteiger charge is 2.26. The minimum absolute atomic E-state index is 0.705. The first-order valence-corrected chi connectivity index (χ1v) is 7.25. The second-order valence-electron chi connectivity index (χ2n) is 5.21. The third-order valence-corrected chi connectivity index (χ3v) is 3.54. The van der Waals surface area contributed by atoms with Crippen LogP contribution in [-0.2, 0) is 0 Å². The highest BCUT2D eigenvalue weighted by molar-refractivity contribution is 4.83. The molecule has 0 aromatic rings. The van der Waals surface area contributed by atoms with Gasteiger partial charge in [-0.25, -0.2) is 0 Å². The Bertz CT molecular complexity index is 166. The largest absolute Gasteiger partial charge is 0.314 e. The lowest BCUT2D eigenvalue weighted by Gasteiger charge is -2.20. The minimum atomic E-state index is 0.705. The lowest BCUT2D eigenvalue weighted by molar-refractivity contribution is 0.269. The average molecular weight is 226 g/mol. The highest BCUT2D eigenvalue weighted by Crippen LogP contribution is 2.26. The zero-order valence-electron chi connectivity index (χ0n) is 11.5. The normalized spacial score (nSPS) is 18.0. The Kier molecular flexibility index (Phi) is 7.06. The maximum Gasteiger partial charge on any atom is 0.00963 e. The lowest BCUT2D eigenvalue weighted by atomic mass is 10.1. The molecule has 2 heteroatoms. The molecule has 0 aromatic heterocycles. The van der Waals surface area contributed by atoms with Gasteiger partial charge in [0.2, 0.25) is 0 Å². The monoisotopic (exact) mass is 226 g/mol. The molecule has 0 aromatic carbocycles. The number of rotatable bonds is 10. The van der Waals surface area contributed by atoms with Gasteiger partial charge in [0.25, 0.3) is 0 Å². The summed E-state index contributed by atoms with van der Waals surface area (Å²) in [6, 6.07) is 1.65. The van der Waals surface area contributed by atoms with E-state index in [2.05, 4.69) is 31.0 Å². The van der Waals surface area contributed by atoms with Crippen molar-refractivity contribution >= 4 is 0 Å². The van der Waals surface area contributed by atoms with Crippen LogP contribution in [0, 0.1) is 0 Å². The summed E-state index contributed by atoms with van der Waals surface area (Å²) < 4.78 is 0. The van der Waals surface area contributed by atoms with Gasteiger partial charge in [0, 0.05) is 12.1 Å². The maximum absolute atomic E-state index is 3.56. The Labute approximate surface area is 102 Å². The number of nitrogens with one attached hydrogen (secondary N) is 1. The Morgan fingerprint density at radius 3 is 2.56 bits per heavy atom. The molecule has 0 heterocycles. The summed E-state index contributed by atoms with van der Waals surface area (Å²) in [5.41, 5.74) is 0. The molecule has 0 radical (unpaired) electrons. The van der Waals surface area contributed by atoms with E-state index in [9.17, 15) is 0 Å². The second-order valence-corrected chi connectivity index (χ2v) is 5.21. The maximum atomic E-state index is 3.56. The van der Waals surface area contributed by atoms with Crippen LogP contribution in [0.1, 0.15) is 59.3 Å². The van der Waals surface area contributed by atoms with E-state index in [1.54, 1.807) is 0 Å². The molecule has 1 unspecified atom stereocenters. The van der Waals surface area contributed by atoms with Crippen LogP contribution >= 0.6 is 0 Å². The average Bonchev–Trinajstić information content (AvgIpc) is 3.10. The van der Waals surface area contributed by atoms with Gasteiger partial charge in [0.15, 0.2) is 0 Å². The summed E-state index contributed by atoms with van der Waals surface area (Å²) >= 11 is 0. The first-order valence-electron chi connectivity index (χ1n) is 7.25. The van der Waals surface area contributed by atoms with Crippen LogP contribution in [0.25, 0.3) is 0 Å². The van der Waals surface area contributed by atoms with Crippen LogP contribution < -0.4 is 5.32 Å². The fourth-order valence-corrected chi connectivity index (χ4v) is 2.30. The molecule has 0 spiro atoms. The first kappa shape index (κ1) is 14.0. The van der Waals surface area contributed by atoms with Crippen LogP contribution in [0.3, 0.4) is 0 Å². The molecule has 1 N–H and O–H groups in total. The van der Waals surface area contributed by atoms with Crippen molar-refractivity contribution in [2.75, 3.05) is 19.6 Å². The molecule has 0 amide bonds. The summed E-state index contributed by atoms with van der Waals surface area (Å²) in [4.78, 5) is 2.66. The van der Waals surface area contributed by atoms with Crippen molar-refractivity contribution in [3.63, 3.8) is 0 Å². The highest BCUT2D eigenvalue weighted by atomic mass is 15.2. The van der Waals surface area contributed by atoms with E-state index in [-0.39, 0.29) is 0 Å². The van der Waals surface area contributed by atoms with Crippen LogP contribution in [0.15, 0.2) is 0 Å². The molecule has 1 saturated carbocycles. The van der Waals surface area contributed by atoms with E-state index in [1.165, 1.54) is 58.2 Å². The SMILES string of the molecule is CCCNC(C)CCCCN(CC)C1CC1. The van der Waals surface area contributed by atoms with Gasteiger partial charge >= 0.3 is 0 Å². The van der Waals surface area contributed by atoms with Crippen LogP contribution in [0.5, 0.6) is 0 Å². The molecule has 0 bridgehead atoms. The van der Waals surface area contributed by atoms with Gasteiger partial charge in [-0.2, -0.15) is 0 Å². The Morgan fingerprint density at radius 1 is 1.25 bits per heavy atom. The van der Waals surface area contributed by atoms with Gasteiger partial charge in [-0.1, -0.05) is 20.3 Å². The van der Waals surface area contributed by atoms with Crippen LogP contribution in [0.2, 0.25) is 0 Å². The van der Waals surface area contributed by atoms with Crippen molar-refractivity contribution < 1.29 is 0 Å². The standard InChI is InChI=1S/C14H30N2/c1-4-11-15-13(3)8-6-7-12-16(5-2)14-9-10-14/h13-15H,4-12H2,1-3H3. The quantitative estimate of drug-likeness (QED) is 0.576. The van der Waals surface area contributed by atoms with Crippen molar-refractivity contribution in [1.29, 1.82) is 0 Å². The van der Waals surface area contributed by atoms with E-state index in [1.807, 2.05) is 0 Å². The van der Waals surface area contributed by atoms with Crippen molar-refractivity contribution in [3.05, 3.63) is 0 Å². The molecule has 2 nitrogen and oxygen atoms in total. The van der Waals surface area contributed by atoms with Gasteiger partial charge < -0.3 is 10.2 Å². The molecule has 1 atom stereocenters. The zero-order valence-corrected chi connectivity index (χ0v) is 11.5. The Morgan fingerprint density at radius 2 is 2.00 bits per heavy atom. The molecule has 1 aliphatic rings. The van der Waals surface area contributed by atoms with Gasteiger partial charge in [-0.05, 0) is 58.7 Å². The van der Waals surface area contributed by atoms with Crippen LogP contribution in [-0.4, -0.2) is 36.6 Å². The summed E-state index contributed by atoms with van der Waals surface area (Å²) in [7, 11) is 0. The number of hydrogen-bond donors (Lipinski definition) is 1. The summed E-state index contributed by atoms with van der Waals surface area (Å²) in [5.74, 6) is 0. The molecule has 1 rings (SSSR count). The third-order valence-electron chi connectivity index (χ3n) is 3.54. The Hall–Kier alpha value is -0.0800. The molecule has 1 fully saturated rings. The molecule has 1 aliphatic carbocycles. The molecule has 96 valence electrons. The van der Waals surface area contributed by atoms with Gasteiger partial charge in [0.05, 0.1) is 0 Å². The zero-order chi connectivity index (χ0) is 11.8. The molecular formula is C14H30N2. The fourth-order valence-electron chi connectivity index (χ4n) is 2.30. The smallest absolute Gasteiger partial charge is 0.00963 e. The summed E-state index contributed by atoms with van der Waals surface area (Å²) in [6.07, 6.45) is 8.23. The van der Waals surface area contributed by atoms with Gasteiger partial charge in [-0.3, -0.25) is 0 Å². The van der Waals surface area contributed by atoms with Crippen molar-refractivity contribution in [3.8, 4) is 0 Å². The third kappa shape index (κ3) is 5.86. The predicted molar refractivity (Wildman–Crippen MR) is 71.9 cm³/mol. The van der Waals surface area contributed by atoms with Crippen molar-refractivity contribution in [2.24, 2.45) is 0 Å². The minimum Gasteiger partial charge on any atom is -0.314 e. The van der Waals surface area contributed by atoms with Crippen molar-refractivity contribution in [1.82, 2.24) is 10.2 Å². The molecule has 0 saturated heterocycles.